The van der Waals surface area contributed by atoms with Crippen LogP contribution in [0.25, 0.3) is 0 Å². The molecule has 0 saturated carbocycles. The lowest BCUT2D eigenvalue weighted by Gasteiger charge is -2.20. The van der Waals surface area contributed by atoms with Gasteiger partial charge in [0, 0.05) is 24.3 Å². The molecule has 2 rings (SSSR count). The first-order valence-corrected chi connectivity index (χ1v) is 5.50. The number of anilines is 1. The lowest BCUT2D eigenvalue weighted by atomic mass is 10.1. The molecule has 1 saturated heterocycles. The van der Waals surface area contributed by atoms with Crippen molar-refractivity contribution in [2.24, 2.45) is 5.73 Å². The molecule has 1 heterocycles. The van der Waals surface area contributed by atoms with E-state index in [9.17, 15) is 10.2 Å². The van der Waals surface area contributed by atoms with Crippen molar-refractivity contribution in [2.75, 3.05) is 18.0 Å². The van der Waals surface area contributed by atoms with E-state index >= 15 is 0 Å². The Morgan fingerprint density at radius 2 is 1.81 bits per heavy atom. The summed E-state index contributed by atoms with van der Waals surface area (Å²) in [5, 5.41) is 19.0. The van der Waals surface area contributed by atoms with E-state index in [2.05, 4.69) is 0 Å². The lowest BCUT2D eigenvalue weighted by Crippen LogP contribution is -2.24. The summed E-state index contributed by atoms with van der Waals surface area (Å²) >= 11 is 4.97. The van der Waals surface area contributed by atoms with E-state index in [1.165, 1.54) is 0 Å². The van der Waals surface area contributed by atoms with Gasteiger partial charge in [0.2, 0.25) is 0 Å². The van der Waals surface area contributed by atoms with Gasteiger partial charge in [-0.15, -0.1) is 0 Å². The summed E-state index contributed by atoms with van der Waals surface area (Å²) in [7, 11) is 0. The van der Waals surface area contributed by atoms with E-state index in [-0.39, 0.29) is 0 Å². The number of hydrogen-bond acceptors (Lipinski definition) is 4. The van der Waals surface area contributed by atoms with E-state index in [1.807, 2.05) is 29.2 Å². The second-order valence-electron chi connectivity index (χ2n) is 3.92. The molecule has 1 aliphatic rings. The van der Waals surface area contributed by atoms with Crippen LogP contribution in [0.2, 0.25) is 0 Å². The van der Waals surface area contributed by atoms with Crippen LogP contribution in [0, 0.1) is 0 Å². The molecule has 1 aromatic carbocycles. The zero-order valence-corrected chi connectivity index (χ0v) is 9.52. The monoisotopic (exact) mass is 238 g/mol. The molecule has 16 heavy (non-hydrogen) atoms. The third-order valence-corrected chi connectivity index (χ3v) is 2.99. The molecule has 0 spiro atoms. The fraction of sp³-hybridized carbons (Fsp3) is 0.364. The maximum atomic E-state index is 9.50. The first kappa shape index (κ1) is 11.3. The third-order valence-electron chi connectivity index (χ3n) is 2.77. The molecular formula is C11H14N2O2S. The number of nitrogens with zero attached hydrogens (tertiary/aromatic N) is 1. The zero-order chi connectivity index (χ0) is 11.7. The van der Waals surface area contributed by atoms with Crippen molar-refractivity contribution in [1.82, 2.24) is 0 Å². The lowest BCUT2D eigenvalue weighted by molar-refractivity contribution is 0.0572. The van der Waals surface area contributed by atoms with E-state index in [4.69, 9.17) is 18.0 Å². The summed E-state index contributed by atoms with van der Waals surface area (Å²) in [5.74, 6) is 0. The molecule has 86 valence electrons. The van der Waals surface area contributed by atoms with Gasteiger partial charge < -0.3 is 20.8 Å². The molecule has 0 amide bonds. The third kappa shape index (κ3) is 2.02. The summed E-state index contributed by atoms with van der Waals surface area (Å²) in [6.07, 6.45) is -1.42. The average Bonchev–Trinajstić information content (AvgIpc) is 2.59. The number of aliphatic hydroxyl groups excluding tert-OH is 2. The van der Waals surface area contributed by atoms with E-state index in [0.29, 0.717) is 18.1 Å². The topological polar surface area (TPSA) is 69.7 Å². The molecule has 4 N–H and O–H groups in total. The van der Waals surface area contributed by atoms with Crippen LogP contribution >= 0.6 is 12.2 Å². The van der Waals surface area contributed by atoms with Gasteiger partial charge in [0.15, 0.2) is 0 Å². The molecule has 1 fully saturated rings. The van der Waals surface area contributed by atoms with Gasteiger partial charge in [0.05, 0.1) is 12.2 Å². The van der Waals surface area contributed by atoms with Crippen LogP contribution in [0.3, 0.4) is 0 Å². The minimum absolute atomic E-state index is 0.325. The maximum absolute atomic E-state index is 9.50. The maximum Gasteiger partial charge on any atom is 0.106 e. The second-order valence-corrected chi connectivity index (χ2v) is 4.36. The minimum atomic E-state index is -0.709. The first-order chi connectivity index (χ1) is 7.59. The molecular weight excluding hydrogens is 224 g/mol. The highest BCUT2D eigenvalue weighted by Gasteiger charge is 2.30. The minimum Gasteiger partial charge on any atom is -0.389 e. The Balaban J connectivity index is 2.31. The number of benzene rings is 1. The molecule has 2 atom stereocenters. The highest BCUT2D eigenvalue weighted by molar-refractivity contribution is 7.80. The second kappa shape index (κ2) is 4.37. The Bertz CT molecular complexity index is 401. The molecule has 0 aliphatic carbocycles. The van der Waals surface area contributed by atoms with Crippen molar-refractivity contribution in [1.29, 1.82) is 0 Å². The predicted molar refractivity (Wildman–Crippen MR) is 66.6 cm³/mol. The summed E-state index contributed by atoms with van der Waals surface area (Å²) in [6.45, 7) is 0.807. The van der Waals surface area contributed by atoms with Crippen LogP contribution < -0.4 is 10.6 Å². The van der Waals surface area contributed by atoms with Crippen LogP contribution in [-0.4, -0.2) is 40.5 Å². The highest BCUT2D eigenvalue weighted by Crippen LogP contribution is 2.24. The van der Waals surface area contributed by atoms with E-state index < -0.39 is 12.2 Å². The molecule has 1 aliphatic heterocycles. The zero-order valence-electron chi connectivity index (χ0n) is 8.71. The number of rotatable bonds is 2. The fourth-order valence-electron chi connectivity index (χ4n) is 1.92. The van der Waals surface area contributed by atoms with Crippen molar-refractivity contribution in [3.05, 3.63) is 29.8 Å². The van der Waals surface area contributed by atoms with Crippen LogP contribution in [-0.2, 0) is 0 Å². The quantitative estimate of drug-likeness (QED) is 0.626. The first-order valence-electron chi connectivity index (χ1n) is 5.09. The summed E-state index contributed by atoms with van der Waals surface area (Å²) in [4.78, 5) is 2.22. The van der Waals surface area contributed by atoms with Gasteiger partial charge in [-0.3, -0.25) is 0 Å². The van der Waals surface area contributed by atoms with Gasteiger partial charge in [-0.25, -0.2) is 0 Å². The highest BCUT2D eigenvalue weighted by atomic mass is 32.1. The molecule has 1 aromatic rings. The van der Waals surface area contributed by atoms with Gasteiger partial charge in [0.25, 0.3) is 0 Å². The Morgan fingerprint density at radius 3 is 2.38 bits per heavy atom. The van der Waals surface area contributed by atoms with Gasteiger partial charge in [-0.2, -0.15) is 0 Å². The van der Waals surface area contributed by atoms with Crippen molar-refractivity contribution < 1.29 is 10.2 Å². The Morgan fingerprint density at radius 1 is 1.25 bits per heavy atom. The molecule has 0 bridgehead atoms. The molecule has 4 nitrogen and oxygen atoms in total. The summed E-state index contributed by atoms with van der Waals surface area (Å²) in [6, 6.07) is 7.48. The van der Waals surface area contributed by atoms with Crippen LogP contribution in [0.15, 0.2) is 24.3 Å². The van der Waals surface area contributed by atoms with Crippen LogP contribution in [0.4, 0.5) is 5.69 Å². The summed E-state index contributed by atoms with van der Waals surface area (Å²) in [5.41, 5.74) is 7.27. The van der Waals surface area contributed by atoms with E-state index in [1.54, 1.807) is 0 Å². The van der Waals surface area contributed by atoms with Crippen molar-refractivity contribution >= 4 is 22.9 Å². The molecule has 2 unspecified atom stereocenters. The largest absolute Gasteiger partial charge is 0.389 e. The van der Waals surface area contributed by atoms with Gasteiger partial charge >= 0.3 is 0 Å². The number of aliphatic hydroxyl groups is 2. The smallest absolute Gasteiger partial charge is 0.106 e. The number of hydrogen-bond donors (Lipinski definition) is 3. The molecule has 0 radical (unpaired) electrons. The van der Waals surface area contributed by atoms with Crippen LogP contribution in [0.1, 0.15) is 5.56 Å². The Labute approximate surface area is 99.3 Å². The van der Waals surface area contributed by atoms with Crippen molar-refractivity contribution in [3.8, 4) is 0 Å². The predicted octanol–water partition coefficient (Wildman–Crippen LogP) is -0.137. The van der Waals surface area contributed by atoms with Crippen molar-refractivity contribution in [2.45, 2.75) is 12.2 Å². The fourth-order valence-corrected chi connectivity index (χ4v) is 2.10. The van der Waals surface area contributed by atoms with Crippen LogP contribution in [0.5, 0.6) is 0 Å². The SMILES string of the molecule is NC(=S)c1ccccc1N1CC(O)C(O)C1. The summed E-state index contributed by atoms with van der Waals surface area (Å²) < 4.78 is 0. The standard InChI is InChI=1S/C11H14N2O2S/c12-11(16)7-3-1-2-4-8(7)13-5-9(14)10(15)6-13/h1-4,9-10,14-15H,5-6H2,(H2,12,16). The van der Waals surface area contributed by atoms with Gasteiger partial charge in [0.1, 0.15) is 4.99 Å². The number of nitrogens with two attached hydrogens (primary N) is 1. The molecule has 0 aromatic heterocycles. The van der Waals surface area contributed by atoms with Crippen molar-refractivity contribution in [3.63, 3.8) is 0 Å². The number of thiocarbonyl (C=S) groups is 1. The molecule has 5 heteroatoms. The Kier molecular flexibility index (Phi) is 3.09. The normalized spacial score (nSPS) is 24.8. The Hall–Kier alpha value is -1.17. The van der Waals surface area contributed by atoms with Gasteiger partial charge in [-0.1, -0.05) is 24.4 Å². The number of para-hydroxylation sites is 1. The van der Waals surface area contributed by atoms with E-state index in [0.717, 1.165) is 11.3 Å². The van der Waals surface area contributed by atoms with Gasteiger partial charge in [-0.05, 0) is 12.1 Å². The average molecular weight is 238 g/mol. The number of β-amino-alcohol motifs (C(OH)–C–C–N with tert-alkyl or cyclic N) is 2.